The highest BCUT2D eigenvalue weighted by Crippen LogP contribution is 2.34. The number of hydrogen-bond donors (Lipinski definition) is 0. The van der Waals surface area contributed by atoms with Gasteiger partial charge in [-0.25, -0.2) is 22.5 Å². The number of anilines is 2. The molecule has 0 N–H and O–H groups in total. The van der Waals surface area contributed by atoms with Crippen LogP contribution in [-0.4, -0.2) is 64.7 Å². The molecule has 1 aromatic heterocycles. The van der Waals surface area contributed by atoms with Crippen LogP contribution < -0.4 is 13.9 Å². The van der Waals surface area contributed by atoms with Crippen LogP contribution in [-0.2, 0) is 34.8 Å². The van der Waals surface area contributed by atoms with Gasteiger partial charge < -0.3 is 19.1 Å². The van der Waals surface area contributed by atoms with E-state index in [2.05, 4.69) is 4.98 Å². The van der Waals surface area contributed by atoms with Crippen LogP contribution >= 0.6 is 0 Å². The Labute approximate surface area is 264 Å². The quantitative estimate of drug-likeness (QED) is 0.192. The van der Waals surface area contributed by atoms with Crippen molar-refractivity contribution >= 4 is 39.4 Å². The molecule has 0 saturated carbocycles. The van der Waals surface area contributed by atoms with Crippen LogP contribution in [0.25, 0.3) is 0 Å². The number of sulfonamides is 1. The summed E-state index contributed by atoms with van der Waals surface area (Å²) in [6.45, 7) is 4.63. The van der Waals surface area contributed by atoms with E-state index in [-0.39, 0.29) is 36.9 Å². The normalized spacial score (nSPS) is 13.6. The van der Waals surface area contributed by atoms with E-state index in [0.29, 0.717) is 60.9 Å². The molecule has 0 bridgehead atoms. The van der Waals surface area contributed by atoms with Crippen LogP contribution in [0.4, 0.5) is 11.5 Å². The van der Waals surface area contributed by atoms with Crippen molar-refractivity contribution in [1.29, 1.82) is 0 Å². The largest absolute Gasteiger partial charge is 0.490 e. The van der Waals surface area contributed by atoms with Gasteiger partial charge in [-0.15, -0.1) is 0 Å². The number of hydrogen-bond acceptors (Lipinski definition) is 10. The summed E-state index contributed by atoms with van der Waals surface area (Å²) >= 11 is 0. The van der Waals surface area contributed by atoms with Crippen LogP contribution in [0.2, 0.25) is 0 Å². The van der Waals surface area contributed by atoms with Crippen molar-refractivity contribution < 1.29 is 37.0 Å². The van der Waals surface area contributed by atoms with E-state index in [1.807, 2.05) is 11.0 Å². The number of aromatic nitrogens is 1. The number of nitrogens with zero attached hydrogens (tertiary/aromatic N) is 3. The molecule has 4 rings (SSSR count). The number of pyridine rings is 1. The molecule has 0 atom stereocenters. The number of methoxy groups -OCH3 is 1. The molecular weight excluding hydrogens is 598 g/mol. The number of para-hydroxylation sites is 1. The molecule has 3 aromatic rings. The molecule has 11 nitrogen and oxygen atoms in total. The minimum atomic E-state index is -4.03. The molecule has 45 heavy (non-hydrogen) atoms. The maximum absolute atomic E-state index is 13.9. The average molecular weight is 638 g/mol. The molecule has 0 spiro atoms. The van der Waals surface area contributed by atoms with E-state index in [0.717, 1.165) is 4.31 Å². The minimum absolute atomic E-state index is 0.175. The molecule has 1 saturated heterocycles. The number of carbonyl (C=O) groups excluding carboxylic acids is 3. The molecular formula is C33H39N3O8S. The molecule has 1 amide bonds. The molecule has 2 aromatic carbocycles. The van der Waals surface area contributed by atoms with Crippen LogP contribution in [0.15, 0.2) is 66.7 Å². The van der Waals surface area contributed by atoms with Gasteiger partial charge in [-0.05, 0) is 50.8 Å². The van der Waals surface area contributed by atoms with Crippen molar-refractivity contribution in [3.8, 4) is 5.75 Å². The smallest absolute Gasteiger partial charge is 0.340 e. The van der Waals surface area contributed by atoms with Crippen LogP contribution in [0, 0.1) is 12.8 Å². The fourth-order valence-corrected chi connectivity index (χ4v) is 6.77. The number of ether oxygens (including phenoxy) is 3. The lowest BCUT2D eigenvalue weighted by atomic mass is 9.95. The summed E-state index contributed by atoms with van der Waals surface area (Å²) in [4.78, 5) is 44.7. The molecule has 0 unspecified atom stereocenters. The maximum Gasteiger partial charge on any atom is 0.340 e. The van der Waals surface area contributed by atoms with Gasteiger partial charge in [0.2, 0.25) is 15.9 Å². The molecule has 2 heterocycles. The Bertz CT molecular complexity index is 1570. The van der Waals surface area contributed by atoms with Crippen molar-refractivity contribution in [2.75, 3.05) is 42.6 Å². The second-order valence-corrected chi connectivity index (χ2v) is 12.5. The fourth-order valence-electron chi connectivity index (χ4n) is 5.16. The molecule has 0 radical (unpaired) electrons. The summed E-state index contributed by atoms with van der Waals surface area (Å²) in [6, 6.07) is 18.8. The number of benzene rings is 2. The highest BCUT2D eigenvalue weighted by Gasteiger charge is 2.36. The zero-order valence-electron chi connectivity index (χ0n) is 25.8. The van der Waals surface area contributed by atoms with Gasteiger partial charge in [-0.3, -0.25) is 9.59 Å². The zero-order valence-corrected chi connectivity index (χ0v) is 26.6. The first-order valence-electron chi connectivity index (χ1n) is 14.9. The average Bonchev–Trinajstić information content (AvgIpc) is 3.04. The van der Waals surface area contributed by atoms with Crippen molar-refractivity contribution in [2.24, 2.45) is 5.92 Å². The summed E-state index contributed by atoms with van der Waals surface area (Å²) < 4.78 is 44.2. The summed E-state index contributed by atoms with van der Waals surface area (Å²) in [5.41, 5.74) is 1.63. The van der Waals surface area contributed by atoms with Crippen molar-refractivity contribution in [2.45, 2.75) is 45.3 Å². The lowest BCUT2D eigenvalue weighted by molar-refractivity contribution is -0.140. The number of rotatable bonds is 13. The van der Waals surface area contributed by atoms with E-state index >= 15 is 0 Å². The van der Waals surface area contributed by atoms with Crippen molar-refractivity contribution in [3.63, 3.8) is 0 Å². The number of amides is 1. The standard InChI is InChI=1S/C33H39N3O8S/c1-4-43-33(39)28-22-29(44-21-11-16-30(37)42-3)31(34-24(28)2)35-19-17-26(18-20-35)32(38)36(27-14-9-6-10-15-27)45(40,41)23-25-12-7-5-8-13-25/h5-10,12-15,22,26H,4,11,16-21,23H2,1-3H3. The maximum atomic E-state index is 13.9. The Kier molecular flexibility index (Phi) is 11.5. The highest BCUT2D eigenvalue weighted by atomic mass is 32.2. The minimum Gasteiger partial charge on any atom is -0.490 e. The zero-order chi connectivity index (χ0) is 32.4. The van der Waals surface area contributed by atoms with Gasteiger partial charge in [-0.1, -0.05) is 48.5 Å². The highest BCUT2D eigenvalue weighted by molar-refractivity contribution is 7.92. The van der Waals surface area contributed by atoms with E-state index in [1.54, 1.807) is 74.5 Å². The second-order valence-electron chi connectivity index (χ2n) is 10.6. The van der Waals surface area contributed by atoms with Gasteiger partial charge in [0.15, 0.2) is 11.6 Å². The first-order chi connectivity index (χ1) is 21.6. The number of esters is 2. The van der Waals surface area contributed by atoms with Gasteiger partial charge in [0.1, 0.15) is 0 Å². The summed E-state index contributed by atoms with van der Waals surface area (Å²) in [7, 11) is -2.71. The summed E-state index contributed by atoms with van der Waals surface area (Å²) in [6.07, 6.45) is 1.34. The van der Waals surface area contributed by atoms with E-state index in [1.165, 1.54) is 7.11 Å². The Morgan fingerprint density at radius 2 is 1.64 bits per heavy atom. The SMILES string of the molecule is CCOC(=O)c1cc(OCCCC(=O)OC)c(N2CCC(C(=O)N(c3ccccc3)S(=O)(=O)Cc3ccccc3)CC2)nc1C. The number of aryl methyl sites for hydroxylation is 1. The molecule has 0 aliphatic carbocycles. The van der Waals surface area contributed by atoms with Crippen molar-refractivity contribution in [3.05, 3.63) is 83.6 Å². The molecule has 12 heteroatoms. The third-order valence-electron chi connectivity index (χ3n) is 7.47. The first kappa shape index (κ1) is 33.4. The molecule has 1 aliphatic rings. The van der Waals surface area contributed by atoms with Gasteiger partial charge in [0.05, 0.1) is 43.0 Å². The Morgan fingerprint density at radius 3 is 2.27 bits per heavy atom. The summed E-state index contributed by atoms with van der Waals surface area (Å²) in [5, 5.41) is 0. The first-order valence-corrected chi connectivity index (χ1v) is 16.5. The number of piperidine rings is 1. The topological polar surface area (TPSA) is 132 Å². The van der Waals surface area contributed by atoms with E-state index in [4.69, 9.17) is 14.2 Å². The van der Waals surface area contributed by atoms with Gasteiger partial charge >= 0.3 is 11.9 Å². The predicted molar refractivity (Wildman–Crippen MR) is 170 cm³/mol. The number of carbonyl (C=O) groups is 3. The third kappa shape index (κ3) is 8.59. The lowest BCUT2D eigenvalue weighted by Gasteiger charge is -2.35. The fraction of sp³-hybridized carbons (Fsp3) is 0.394. The van der Waals surface area contributed by atoms with Crippen LogP contribution in [0.3, 0.4) is 0 Å². The third-order valence-corrected chi connectivity index (χ3v) is 9.11. The molecule has 1 fully saturated rings. The van der Waals surface area contributed by atoms with Gasteiger partial charge in [0.25, 0.3) is 0 Å². The summed E-state index contributed by atoms with van der Waals surface area (Å²) in [5.74, 6) is -1.34. The lowest BCUT2D eigenvalue weighted by Crippen LogP contribution is -2.46. The van der Waals surface area contributed by atoms with Crippen LogP contribution in [0.1, 0.15) is 54.2 Å². The van der Waals surface area contributed by atoms with Crippen molar-refractivity contribution in [1.82, 2.24) is 4.98 Å². The van der Waals surface area contributed by atoms with E-state index < -0.39 is 27.8 Å². The van der Waals surface area contributed by atoms with Crippen LogP contribution in [0.5, 0.6) is 5.75 Å². The second kappa shape index (κ2) is 15.5. The Morgan fingerprint density at radius 1 is 1.00 bits per heavy atom. The predicted octanol–water partition coefficient (Wildman–Crippen LogP) is 4.68. The Hall–Kier alpha value is -4.45. The molecule has 1 aliphatic heterocycles. The van der Waals surface area contributed by atoms with E-state index in [9.17, 15) is 22.8 Å². The van der Waals surface area contributed by atoms with Gasteiger partial charge in [-0.2, -0.15) is 0 Å². The van der Waals surface area contributed by atoms with Gasteiger partial charge in [0, 0.05) is 31.5 Å². The monoisotopic (exact) mass is 637 g/mol. The molecule has 240 valence electrons. The Balaban J connectivity index is 1.54.